The van der Waals surface area contributed by atoms with Gasteiger partial charge in [0.1, 0.15) is 17.1 Å². The van der Waals surface area contributed by atoms with Crippen molar-refractivity contribution in [2.75, 3.05) is 20.8 Å². The van der Waals surface area contributed by atoms with Crippen molar-refractivity contribution >= 4 is 28.5 Å². The number of hydrogen-bond acceptors (Lipinski definition) is 5. The van der Waals surface area contributed by atoms with Gasteiger partial charge in [-0.2, -0.15) is 4.98 Å². The minimum atomic E-state index is -0.411. The summed E-state index contributed by atoms with van der Waals surface area (Å²) < 4.78 is 12.7. The molecule has 180 valence electrons. The zero-order chi connectivity index (χ0) is 24.5. The quantitative estimate of drug-likeness (QED) is 0.412. The fourth-order valence-corrected chi connectivity index (χ4v) is 5.02. The molecular weight excluding hydrogens is 466 g/mol. The SMILES string of the molecule is COc1cc(OC)c2ccn(CCC(=O)N3CCc4ccccc4C3c3cc(Cl)ccc3O)c2n1. The summed E-state index contributed by atoms with van der Waals surface area (Å²) in [5, 5.41) is 12.0. The molecule has 1 aliphatic rings. The van der Waals surface area contributed by atoms with Crippen molar-refractivity contribution in [3.63, 3.8) is 0 Å². The molecule has 0 radical (unpaired) electrons. The van der Waals surface area contributed by atoms with Crippen molar-refractivity contribution in [2.45, 2.75) is 25.4 Å². The second-order valence-corrected chi connectivity index (χ2v) is 8.94. The third kappa shape index (κ3) is 4.28. The van der Waals surface area contributed by atoms with E-state index in [4.69, 9.17) is 21.1 Å². The van der Waals surface area contributed by atoms with E-state index in [0.29, 0.717) is 41.0 Å². The summed E-state index contributed by atoms with van der Waals surface area (Å²) in [7, 11) is 3.17. The maximum absolute atomic E-state index is 13.6. The van der Waals surface area contributed by atoms with Crippen molar-refractivity contribution in [1.29, 1.82) is 0 Å². The Hall–Kier alpha value is -3.71. The number of amides is 1. The van der Waals surface area contributed by atoms with Crippen molar-refractivity contribution in [3.05, 3.63) is 82.5 Å². The molecule has 1 amide bonds. The lowest BCUT2D eigenvalue weighted by Gasteiger charge is -2.38. The van der Waals surface area contributed by atoms with Crippen LogP contribution in [0.1, 0.15) is 29.2 Å². The highest BCUT2D eigenvalue weighted by atomic mass is 35.5. The Morgan fingerprint density at radius 2 is 1.94 bits per heavy atom. The molecule has 0 bridgehead atoms. The molecule has 0 aliphatic carbocycles. The van der Waals surface area contributed by atoms with Crippen LogP contribution in [-0.2, 0) is 17.8 Å². The van der Waals surface area contributed by atoms with Crippen molar-refractivity contribution in [2.24, 2.45) is 0 Å². The van der Waals surface area contributed by atoms with Gasteiger partial charge >= 0.3 is 0 Å². The molecule has 35 heavy (non-hydrogen) atoms. The summed E-state index contributed by atoms with van der Waals surface area (Å²) in [5.41, 5.74) is 3.50. The fraction of sp³-hybridized carbons (Fsp3) is 0.259. The molecular formula is C27H26ClN3O4. The van der Waals surface area contributed by atoms with Gasteiger partial charge in [-0.15, -0.1) is 0 Å². The number of carbonyl (C=O) groups excluding carboxylic acids is 1. The van der Waals surface area contributed by atoms with Gasteiger partial charge in [-0.1, -0.05) is 35.9 Å². The number of aromatic hydroxyl groups is 1. The van der Waals surface area contributed by atoms with Gasteiger partial charge in [0.05, 0.1) is 25.6 Å². The van der Waals surface area contributed by atoms with Crippen molar-refractivity contribution in [1.82, 2.24) is 14.5 Å². The predicted molar refractivity (Wildman–Crippen MR) is 134 cm³/mol. The standard InChI is InChI=1S/C27H26ClN3O4/c1-34-23-16-24(35-2)29-27-20(23)10-12-30(27)13-11-25(33)31-14-9-17-5-3-4-6-19(17)26(31)21-15-18(28)7-8-22(21)32/h3-8,10,12,15-16,26,32H,9,11,13-14H2,1-2H3. The normalized spacial score (nSPS) is 15.2. The minimum absolute atomic E-state index is 0.0133. The van der Waals surface area contributed by atoms with Crippen LogP contribution >= 0.6 is 11.6 Å². The zero-order valence-corrected chi connectivity index (χ0v) is 20.3. The topological polar surface area (TPSA) is 76.8 Å². The summed E-state index contributed by atoms with van der Waals surface area (Å²) in [4.78, 5) is 20.0. The zero-order valence-electron chi connectivity index (χ0n) is 19.6. The number of pyridine rings is 1. The number of methoxy groups -OCH3 is 2. The first-order valence-corrected chi connectivity index (χ1v) is 11.8. The average molecular weight is 492 g/mol. The maximum Gasteiger partial charge on any atom is 0.225 e. The first-order chi connectivity index (χ1) is 17.0. The number of phenols is 1. The maximum atomic E-state index is 13.6. The van der Waals surface area contributed by atoms with E-state index in [1.165, 1.54) is 5.56 Å². The van der Waals surface area contributed by atoms with Crippen molar-refractivity contribution < 1.29 is 19.4 Å². The van der Waals surface area contributed by atoms with Gasteiger partial charge in [0, 0.05) is 42.4 Å². The molecule has 8 heteroatoms. The molecule has 5 rings (SSSR count). The Morgan fingerprint density at radius 3 is 2.74 bits per heavy atom. The Morgan fingerprint density at radius 1 is 1.11 bits per heavy atom. The van der Waals surface area contributed by atoms with Gasteiger partial charge in [0.15, 0.2) is 0 Å². The minimum Gasteiger partial charge on any atom is -0.508 e. The van der Waals surface area contributed by atoms with Crippen LogP contribution < -0.4 is 9.47 Å². The molecule has 0 saturated heterocycles. The number of hydrogen-bond donors (Lipinski definition) is 1. The summed E-state index contributed by atoms with van der Waals surface area (Å²) in [6.07, 6.45) is 2.92. The van der Waals surface area contributed by atoms with Crippen LogP contribution in [0.4, 0.5) is 0 Å². The van der Waals surface area contributed by atoms with Crippen LogP contribution in [-0.4, -0.2) is 46.2 Å². The number of fused-ring (bicyclic) bond motifs is 2. The number of benzene rings is 2. The van der Waals surface area contributed by atoms with Gasteiger partial charge in [0.25, 0.3) is 0 Å². The molecule has 0 fully saturated rings. The molecule has 0 saturated carbocycles. The summed E-state index contributed by atoms with van der Waals surface area (Å²) in [5.74, 6) is 1.22. The van der Waals surface area contributed by atoms with E-state index >= 15 is 0 Å². The monoisotopic (exact) mass is 491 g/mol. The smallest absolute Gasteiger partial charge is 0.225 e. The lowest BCUT2D eigenvalue weighted by molar-refractivity contribution is -0.133. The van der Waals surface area contributed by atoms with Gasteiger partial charge < -0.3 is 24.0 Å². The number of ether oxygens (including phenoxy) is 2. The van der Waals surface area contributed by atoms with E-state index in [-0.39, 0.29) is 18.1 Å². The molecule has 1 unspecified atom stereocenters. The second-order valence-electron chi connectivity index (χ2n) is 8.50. The Kier molecular flexibility index (Phi) is 6.26. The number of nitrogens with zero attached hydrogens (tertiary/aromatic N) is 3. The summed E-state index contributed by atoms with van der Waals surface area (Å²) in [6.45, 7) is 0.997. The van der Waals surface area contributed by atoms with E-state index in [0.717, 1.165) is 17.4 Å². The highest BCUT2D eigenvalue weighted by Gasteiger charge is 2.33. The summed E-state index contributed by atoms with van der Waals surface area (Å²) >= 11 is 6.28. The van der Waals surface area contributed by atoms with Crippen molar-refractivity contribution in [3.8, 4) is 17.4 Å². The molecule has 3 heterocycles. The van der Waals surface area contributed by atoms with Gasteiger partial charge in [-0.25, -0.2) is 0 Å². The van der Waals surface area contributed by atoms with E-state index < -0.39 is 6.04 Å². The molecule has 2 aromatic carbocycles. The molecule has 2 aromatic heterocycles. The second kappa shape index (κ2) is 9.50. The van der Waals surface area contributed by atoms with E-state index in [2.05, 4.69) is 11.1 Å². The van der Waals surface area contributed by atoms with E-state index in [9.17, 15) is 9.90 Å². The molecule has 7 nitrogen and oxygen atoms in total. The van der Waals surface area contributed by atoms with Gasteiger partial charge in [0.2, 0.25) is 11.8 Å². The first-order valence-electron chi connectivity index (χ1n) is 11.4. The van der Waals surface area contributed by atoms with Crippen LogP contribution in [0.15, 0.2) is 60.8 Å². The number of carbonyl (C=O) groups is 1. The largest absolute Gasteiger partial charge is 0.508 e. The molecule has 4 aromatic rings. The molecule has 1 N–H and O–H groups in total. The first kappa shape index (κ1) is 23.1. The molecule has 1 aliphatic heterocycles. The Bertz CT molecular complexity index is 1400. The summed E-state index contributed by atoms with van der Waals surface area (Å²) in [6, 6.07) is 16.3. The predicted octanol–water partition coefficient (Wildman–Crippen LogP) is 4.98. The lowest BCUT2D eigenvalue weighted by atomic mass is 9.87. The molecule has 0 spiro atoms. The average Bonchev–Trinajstić information content (AvgIpc) is 3.30. The van der Waals surface area contributed by atoms with E-state index in [1.807, 2.05) is 39.9 Å². The number of phenolic OH excluding ortho intramolecular Hbond substituents is 1. The number of rotatable bonds is 6. The van der Waals surface area contributed by atoms with Crippen LogP contribution in [0, 0.1) is 0 Å². The van der Waals surface area contributed by atoms with Crippen LogP contribution in [0.25, 0.3) is 11.0 Å². The van der Waals surface area contributed by atoms with Gasteiger partial charge in [-0.05, 0) is 41.8 Å². The number of halogens is 1. The highest BCUT2D eigenvalue weighted by Crippen LogP contribution is 2.40. The number of aromatic nitrogens is 2. The Labute approximate surface area is 208 Å². The van der Waals surface area contributed by atoms with E-state index in [1.54, 1.807) is 38.5 Å². The van der Waals surface area contributed by atoms with Gasteiger partial charge in [-0.3, -0.25) is 4.79 Å². The highest BCUT2D eigenvalue weighted by molar-refractivity contribution is 6.30. The Balaban J connectivity index is 1.45. The van der Waals surface area contributed by atoms with Crippen LogP contribution in [0.3, 0.4) is 0 Å². The third-order valence-electron chi connectivity index (χ3n) is 6.55. The van der Waals surface area contributed by atoms with Crippen LogP contribution in [0.2, 0.25) is 5.02 Å². The number of aryl methyl sites for hydroxylation is 1. The molecule has 1 atom stereocenters. The fourth-order valence-electron chi connectivity index (χ4n) is 4.84. The lowest BCUT2D eigenvalue weighted by Crippen LogP contribution is -2.41. The van der Waals surface area contributed by atoms with Crippen LogP contribution in [0.5, 0.6) is 17.4 Å². The third-order valence-corrected chi connectivity index (χ3v) is 6.79.